The van der Waals surface area contributed by atoms with E-state index >= 15 is 0 Å². The van der Waals surface area contributed by atoms with Crippen LogP contribution in [0.3, 0.4) is 0 Å². The molecule has 0 spiro atoms. The number of rotatable bonds is 3. The Balaban J connectivity index is 2.48. The van der Waals surface area contributed by atoms with Gasteiger partial charge in [-0.1, -0.05) is 37.3 Å². The van der Waals surface area contributed by atoms with E-state index in [1.807, 2.05) is 37.3 Å². The molecule has 1 heterocycles. The van der Waals surface area contributed by atoms with Crippen LogP contribution >= 0.6 is 0 Å². The van der Waals surface area contributed by atoms with Gasteiger partial charge in [0.05, 0.1) is 5.69 Å². The minimum atomic E-state index is -2.58. The molecule has 0 aliphatic heterocycles. The Bertz CT molecular complexity index is 463. The van der Waals surface area contributed by atoms with E-state index in [0.29, 0.717) is 16.8 Å². The molecule has 1 aromatic heterocycles. The first-order valence-electron chi connectivity index (χ1n) is 5.14. The SMILES string of the molecule is CCc1nn(C(F)F)cc1-c1ccccc1. The second-order valence-corrected chi connectivity index (χ2v) is 3.47. The van der Waals surface area contributed by atoms with Crippen LogP contribution < -0.4 is 0 Å². The average Bonchev–Trinajstić information content (AvgIpc) is 2.74. The summed E-state index contributed by atoms with van der Waals surface area (Å²) in [5.41, 5.74) is 2.40. The minimum Gasteiger partial charge on any atom is -0.211 e. The fourth-order valence-electron chi connectivity index (χ4n) is 1.65. The van der Waals surface area contributed by atoms with Crippen LogP contribution in [0.25, 0.3) is 11.1 Å². The van der Waals surface area contributed by atoms with Gasteiger partial charge >= 0.3 is 6.55 Å². The molecule has 0 fully saturated rings. The molecule has 0 aliphatic carbocycles. The summed E-state index contributed by atoms with van der Waals surface area (Å²) in [6.07, 6.45) is 2.04. The number of hydrogen-bond acceptors (Lipinski definition) is 1. The van der Waals surface area contributed by atoms with Crippen molar-refractivity contribution in [3.05, 3.63) is 42.2 Å². The van der Waals surface area contributed by atoms with Gasteiger partial charge in [0.15, 0.2) is 0 Å². The lowest BCUT2D eigenvalue weighted by Gasteiger charge is -1.98. The van der Waals surface area contributed by atoms with Gasteiger partial charge in [-0.25, -0.2) is 4.68 Å². The Hall–Kier alpha value is -1.71. The van der Waals surface area contributed by atoms with E-state index in [2.05, 4.69) is 5.10 Å². The highest BCUT2D eigenvalue weighted by atomic mass is 19.3. The van der Waals surface area contributed by atoms with Gasteiger partial charge in [0.25, 0.3) is 0 Å². The first kappa shape index (κ1) is 10.8. The van der Waals surface area contributed by atoms with Crippen molar-refractivity contribution in [2.75, 3.05) is 0 Å². The van der Waals surface area contributed by atoms with Crippen molar-refractivity contribution in [3.63, 3.8) is 0 Å². The van der Waals surface area contributed by atoms with Crippen molar-refractivity contribution in [2.45, 2.75) is 19.9 Å². The second kappa shape index (κ2) is 4.43. The molecule has 2 nitrogen and oxygen atoms in total. The molecule has 16 heavy (non-hydrogen) atoms. The lowest BCUT2D eigenvalue weighted by atomic mass is 10.1. The molecule has 4 heteroatoms. The van der Waals surface area contributed by atoms with Crippen LogP contribution in [-0.4, -0.2) is 9.78 Å². The molecular weight excluding hydrogens is 210 g/mol. The number of hydrogen-bond donors (Lipinski definition) is 0. The van der Waals surface area contributed by atoms with Gasteiger partial charge in [0.1, 0.15) is 0 Å². The van der Waals surface area contributed by atoms with Crippen LogP contribution in [-0.2, 0) is 6.42 Å². The van der Waals surface area contributed by atoms with E-state index in [1.54, 1.807) is 0 Å². The number of benzene rings is 1. The van der Waals surface area contributed by atoms with Crippen molar-refractivity contribution in [1.82, 2.24) is 9.78 Å². The summed E-state index contributed by atoms with van der Waals surface area (Å²) in [5.74, 6) is 0. The van der Waals surface area contributed by atoms with Gasteiger partial charge in [-0.05, 0) is 12.0 Å². The first-order chi connectivity index (χ1) is 7.72. The Morgan fingerprint density at radius 3 is 2.50 bits per heavy atom. The number of aromatic nitrogens is 2. The second-order valence-electron chi connectivity index (χ2n) is 3.47. The molecule has 2 aromatic rings. The molecule has 0 amide bonds. The summed E-state index contributed by atoms with van der Waals surface area (Å²) in [5, 5.41) is 3.87. The normalized spacial score (nSPS) is 11.0. The third kappa shape index (κ3) is 1.96. The number of halogens is 2. The van der Waals surface area contributed by atoms with E-state index in [9.17, 15) is 8.78 Å². The number of alkyl halides is 2. The highest BCUT2D eigenvalue weighted by Crippen LogP contribution is 2.25. The molecule has 0 aliphatic rings. The zero-order chi connectivity index (χ0) is 11.5. The van der Waals surface area contributed by atoms with E-state index in [1.165, 1.54) is 6.20 Å². The molecule has 0 bridgehead atoms. The molecule has 0 radical (unpaired) electrons. The molecule has 0 unspecified atom stereocenters. The summed E-state index contributed by atoms with van der Waals surface area (Å²) in [4.78, 5) is 0. The Morgan fingerprint density at radius 2 is 1.94 bits per heavy atom. The van der Waals surface area contributed by atoms with Crippen LogP contribution in [0.2, 0.25) is 0 Å². The van der Waals surface area contributed by atoms with E-state index < -0.39 is 6.55 Å². The van der Waals surface area contributed by atoms with Crippen LogP contribution in [0.4, 0.5) is 8.78 Å². The molecule has 1 aromatic carbocycles. The van der Waals surface area contributed by atoms with Crippen LogP contribution in [0.1, 0.15) is 19.2 Å². The van der Waals surface area contributed by atoms with Gasteiger partial charge < -0.3 is 0 Å². The third-order valence-electron chi connectivity index (χ3n) is 2.43. The molecule has 0 saturated heterocycles. The van der Waals surface area contributed by atoms with Crippen molar-refractivity contribution in [3.8, 4) is 11.1 Å². The summed E-state index contributed by atoms with van der Waals surface area (Å²) in [6, 6.07) is 9.45. The van der Waals surface area contributed by atoms with Crippen LogP contribution in [0.5, 0.6) is 0 Å². The highest BCUT2D eigenvalue weighted by molar-refractivity contribution is 5.65. The monoisotopic (exact) mass is 222 g/mol. The van der Waals surface area contributed by atoms with Gasteiger partial charge in [-0.15, -0.1) is 0 Å². The predicted molar refractivity (Wildman–Crippen MR) is 58.3 cm³/mol. The fourth-order valence-corrected chi connectivity index (χ4v) is 1.65. The van der Waals surface area contributed by atoms with Crippen LogP contribution in [0, 0.1) is 0 Å². The fraction of sp³-hybridized carbons (Fsp3) is 0.250. The molecule has 2 rings (SSSR count). The van der Waals surface area contributed by atoms with Gasteiger partial charge in [-0.2, -0.15) is 13.9 Å². The first-order valence-corrected chi connectivity index (χ1v) is 5.14. The maximum Gasteiger partial charge on any atom is 0.333 e. The van der Waals surface area contributed by atoms with E-state index in [4.69, 9.17) is 0 Å². The molecular formula is C12H12F2N2. The zero-order valence-corrected chi connectivity index (χ0v) is 8.90. The Morgan fingerprint density at radius 1 is 1.25 bits per heavy atom. The third-order valence-corrected chi connectivity index (χ3v) is 2.43. The Kier molecular flexibility index (Phi) is 2.99. The quantitative estimate of drug-likeness (QED) is 0.777. The van der Waals surface area contributed by atoms with E-state index in [-0.39, 0.29) is 0 Å². The summed E-state index contributed by atoms with van der Waals surface area (Å²) in [7, 11) is 0. The maximum atomic E-state index is 12.5. The minimum absolute atomic E-state index is 0.643. The molecule has 0 saturated carbocycles. The summed E-state index contributed by atoms with van der Waals surface area (Å²) >= 11 is 0. The number of aryl methyl sites for hydroxylation is 1. The molecule has 0 atom stereocenters. The summed E-state index contributed by atoms with van der Waals surface area (Å²) < 4.78 is 25.7. The topological polar surface area (TPSA) is 17.8 Å². The van der Waals surface area contributed by atoms with Gasteiger partial charge in [-0.3, -0.25) is 0 Å². The lowest BCUT2D eigenvalue weighted by molar-refractivity contribution is 0.0562. The van der Waals surface area contributed by atoms with Crippen molar-refractivity contribution >= 4 is 0 Å². The smallest absolute Gasteiger partial charge is 0.211 e. The standard InChI is InChI=1S/C12H12F2N2/c1-2-11-10(8-16(15-11)12(13)14)9-6-4-3-5-7-9/h3-8,12H,2H2,1H3. The van der Waals surface area contributed by atoms with Gasteiger partial charge in [0, 0.05) is 11.8 Å². The largest absolute Gasteiger partial charge is 0.333 e. The molecule has 0 N–H and O–H groups in total. The van der Waals surface area contributed by atoms with Crippen molar-refractivity contribution in [1.29, 1.82) is 0 Å². The summed E-state index contributed by atoms with van der Waals surface area (Å²) in [6.45, 7) is -0.673. The van der Waals surface area contributed by atoms with Gasteiger partial charge in [0.2, 0.25) is 0 Å². The maximum absolute atomic E-state index is 12.5. The zero-order valence-electron chi connectivity index (χ0n) is 8.90. The Labute approximate surface area is 92.5 Å². The van der Waals surface area contributed by atoms with Crippen molar-refractivity contribution in [2.24, 2.45) is 0 Å². The van der Waals surface area contributed by atoms with Crippen molar-refractivity contribution < 1.29 is 8.78 Å². The lowest BCUT2D eigenvalue weighted by Crippen LogP contribution is -1.98. The predicted octanol–water partition coefficient (Wildman–Crippen LogP) is 3.51. The highest BCUT2D eigenvalue weighted by Gasteiger charge is 2.13. The number of nitrogens with zero attached hydrogens (tertiary/aromatic N) is 2. The average molecular weight is 222 g/mol. The molecule has 84 valence electrons. The van der Waals surface area contributed by atoms with Crippen LogP contribution in [0.15, 0.2) is 36.5 Å². The van der Waals surface area contributed by atoms with E-state index in [0.717, 1.165) is 11.1 Å².